The molecule has 0 amide bonds. The van der Waals surface area contributed by atoms with Crippen molar-refractivity contribution in [1.82, 2.24) is 14.5 Å². The lowest BCUT2D eigenvalue weighted by Gasteiger charge is -2.21. The van der Waals surface area contributed by atoms with Crippen LogP contribution in [-0.4, -0.2) is 28.3 Å². The SMILES string of the molecule is C=C(OCC)c1c(C)c2cnc(NCc3ccc(OC)cc3)nc2n(C2CCCC2)c1=O. The molecule has 168 valence electrons. The van der Waals surface area contributed by atoms with Gasteiger partial charge in [0.25, 0.3) is 5.56 Å². The minimum Gasteiger partial charge on any atom is -0.497 e. The highest BCUT2D eigenvalue weighted by Crippen LogP contribution is 2.32. The van der Waals surface area contributed by atoms with Crippen LogP contribution in [0.1, 0.15) is 55.3 Å². The summed E-state index contributed by atoms with van der Waals surface area (Å²) in [6.07, 6.45) is 5.96. The van der Waals surface area contributed by atoms with E-state index in [-0.39, 0.29) is 11.6 Å². The second kappa shape index (κ2) is 9.42. The number of aryl methyl sites for hydroxylation is 1. The number of nitrogens with zero attached hydrogens (tertiary/aromatic N) is 3. The fourth-order valence-corrected chi connectivity index (χ4v) is 4.42. The van der Waals surface area contributed by atoms with Crippen LogP contribution in [0.2, 0.25) is 0 Å². The minimum absolute atomic E-state index is 0.0832. The zero-order chi connectivity index (χ0) is 22.7. The molecule has 0 aliphatic heterocycles. The minimum atomic E-state index is -0.0832. The van der Waals surface area contributed by atoms with Crippen molar-refractivity contribution in [3.63, 3.8) is 0 Å². The lowest BCUT2D eigenvalue weighted by Crippen LogP contribution is -2.29. The van der Waals surface area contributed by atoms with E-state index in [4.69, 9.17) is 14.5 Å². The van der Waals surface area contributed by atoms with Crippen molar-refractivity contribution in [2.45, 2.75) is 52.1 Å². The number of ether oxygens (including phenoxy) is 2. The molecule has 1 N–H and O–H groups in total. The number of methoxy groups -OCH3 is 1. The van der Waals surface area contributed by atoms with Gasteiger partial charge in [0, 0.05) is 24.2 Å². The Balaban J connectivity index is 1.75. The van der Waals surface area contributed by atoms with Crippen molar-refractivity contribution in [2.75, 3.05) is 19.0 Å². The Morgan fingerprint density at radius 3 is 2.62 bits per heavy atom. The van der Waals surface area contributed by atoms with Gasteiger partial charge >= 0.3 is 0 Å². The fraction of sp³-hybridized carbons (Fsp3) is 0.400. The van der Waals surface area contributed by atoms with Crippen LogP contribution in [0.4, 0.5) is 5.95 Å². The molecule has 1 fully saturated rings. The highest BCUT2D eigenvalue weighted by Gasteiger charge is 2.25. The Labute approximate surface area is 188 Å². The van der Waals surface area contributed by atoms with E-state index in [2.05, 4.69) is 16.9 Å². The molecule has 1 aromatic carbocycles. The summed E-state index contributed by atoms with van der Waals surface area (Å²) in [5.41, 5.74) is 3.00. The molecule has 1 aliphatic carbocycles. The zero-order valence-electron chi connectivity index (χ0n) is 19.0. The summed E-state index contributed by atoms with van der Waals surface area (Å²) in [4.78, 5) is 22.9. The lowest BCUT2D eigenvalue weighted by atomic mass is 10.0. The predicted molar refractivity (Wildman–Crippen MR) is 127 cm³/mol. The number of hydrogen-bond donors (Lipinski definition) is 1. The van der Waals surface area contributed by atoms with E-state index in [1.807, 2.05) is 42.7 Å². The van der Waals surface area contributed by atoms with Crippen LogP contribution in [0.25, 0.3) is 16.8 Å². The van der Waals surface area contributed by atoms with E-state index in [9.17, 15) is 4.79 Å². The van der Waals surface area contributed by atoms with Crippen LogP contribution in [0.3, 0.4) is 0 Å². The maximum atomic E-state index is 13.6. The summed E-state index contributed by atoms with van der Waals surface area (Å²) in [5.74, 6) is 1.72. The first-order valence-corrected chi connectivity index (χ1v) is 11.1. The summed E-state index contributed by atoms with van der Waals surface area (Å²) >= 11 is 0. The molecule has 32 heavy (non-hydrogen) atoms. The number of pyridine rings is 1. The number of nitrogens with one attached hydrogen (secondary N) is 1. The molecule has 1 aliphatic rings. The van der Waals surface area contributed by atoms with Gasteiger partial charge in [-0.05, 0) is 49.9 Å². The third-order valence-electron chi connectivity index (χ3n) is 6.11. The molecular weight excluding hydrogens is 404 g/mol. The van der Waals surface area contributed by atoms with Crippen molar-refractivity contribution in [3.05, 3.63) is 64.1 Å². The van der Waals surface area contributed by atoms with Crippen molar-refractivity contribution in [2.24, 2.45) is 0 Å². The molecule has 0 spiro atoms. The van der Waals surface area contributed by atoms with E-state index in [0.29, 0.717) is 36.1 Å². The summed E-state index contributed by atoms with van der Waals surface area (Å²) in [6.45, 7) is 8.84. The Bertz CT molecular complexity index is 1180. The van der Waals surface area contributed by atoms with Gasteiger partial charge in [0.1, 0.15) is 17.2 Å². The molecule has 7 heteroatoms. The summed E-state index contributed by atoms with van der Waals surface area (Å²) in [6, 6.07) is 7.97. The molecule has 2 aromatic heterocycles. The first kappa shape index (κ1) is 21.9. The van der Waals surface area contributed by atoms with E-state index in [1.165, 1.54) is 0 Å². The van der Waals surface area contributed by atoms with Gasteiger partial charge in [0.2, 0.25) is 5.95 Å². The maximum absolute atomic E-state index is 13.6. The number of anilines is 1. The van der Waals surface area contributed by atoms with E-state index in [1.54, 1.807) is 13.3 Å². The summed E-state index contributed by atoms with van der Waals surface area (Å²) in [5, 5.41) is 4.13. The Kier molecular flexibility index (Phi) is 6.44. The molecular formula is C25H30N4O3. The van der Waals surface area contributed by atoms with Gasteiger partial charge in [-0.2, -0.15) is 4.98 Å². The van der Waals surface area contributed by atoms with Crippen LogP contribution in [0.15, 0.2) is 41.8 Å². The first-order valence-electron chi connectivity index (χ1n) is 11.1. The zero-order valence-corrected chi connectivity index (χ0v) is 19.0. The molecule has 1 saturated carbocycles. The van der Waals surface area contributed by atoms with E-state index < -0.39 is 0 Å². The highest BCUT2D eigenvalue weighted by molar-refractivity contribution is 5.84. The average molecular weight is 435 g/mol. The quantitative estimate of drug-likeness (QED) is 0.511. The molecule has 2 heterocycles. The molecule has 0 radical (unpaired) electrons. The second-order valence-electron chi connectivity index (χ2n) is 8.10. The van der Waals surface area contributed by atoms with Crippen LogP contribution in [0.5, 0.6) is 5.75 Å². The van der Waals surface area contributed by atoms with Crippen molar-refractivity contribution >= 4 is 22.7 Å². The van der Waals surface area contributed by atoms with Gasteiger partial charge in [-0.25, -0.2) is 4.98 Å². The van der Waals surface area contributed by atoms with Gasteiger partial charge < -0.3 is 14.8 Å². The van der Waals surface area contributed by atoms with Crippen LogP contribution < -0.4 is 15.6 Å². The number of hydrogen-bond acceptors (Lipinski definition) is 6. The molecule has 0 bridgehead atoms. The Morgan fingerprint density at radius 1 is 1.25 bits per heavy atom. The summed E-state index contributed by atoms with van der Waals surface area (Å²) in [7, 11) is 1.65. The van der Waals surface area contributed by atoms with E-state index >= 15 is 0 Å². The number of rotatable bonds is 8. The molecule has 0 atom stereocenters. The molecule has 7 nitrogen and oxygen atoms in total. The Hall–Kier alpha value is -3.35. The summed E-state index contributed by atoms with van der Waals surface area (Å²) < 4.78 is 12.7. The smallest absolute Gasteiger partial charge is 0.263 e. The maximum Gasteiger partial charge on any atom is 0.263 e. The monoisotopic (exact) mass is 434 g/mol. The van der Waals surface area contributed by atoms with Gasteiger partial charge in [0.15, 0.2) is 0 Å². The van der Waals surface area contributed by atoms with Crippen molar-refractivity contribution in [3.8, 4) is 5.75 Å². The van der Waals surface area contributed by atoms with Gasteiger partial charge in [-0.1, -0.05) is 31.6 Å². The van der Waals surface area contributed by atoms with Crippen molar-refractivity contribution in [1.29, 1.82) is 0 Å². The van der Waals surface area contributed by atoms with Crippen LogP contribution in [-0.2, 0) is 11.3 Å². The van der Waals surface area contributed by atoms with Crippen LogP contribution in [0, 0.1) is 6.92 Å². The molecule has 3 aromatic rings. The lowest BCUT2D eigenvalue weighted by molar-refractivity contribution is 0.298. The average Bonchev–Trinajstić information content (AvgIpc) is 3.32. The van der Waals surface area contributed by atoms with Gasteiger partial charge in [-0.15, -0.1) is 0 Å². The second-order valence-corrected chi connectivity index (χ2v) is 8.10. The van der Waals surface area contributed by atoms with Crippen LogP contribution >= 0.6 is 0 Å². The first-order chi connectivity index (χ1) is 15.5. The normalized spacial score (nSPS) is 14.0. The third kappa shape index (κ3) is 4.20. The number of benzene rings is 1. The largest absolute Gasteiger partial charge is 0.497 e. The highest BCUT2D eigenvalue weighted by atomic mass is 16.5. The fourth-order valence-electron chi connectivity index (χ4n) is 4.42. The third-order valence-corrected chi connectivity index (χ3v) is 6.11. The topological polar surface area (TPSA) is 78.3 Å². The van der Waals surface area contributed by atoms with E-state index in [0.717, 1.165) is 47.9 Å². The van der Waals surface area contributed by atoms with Gasteiger partial charge in [0.05, 0.1) is 19.3 Å². The Morgan fingerprint density at radius 2 is 1.97 bits per heavy atom. The van der Waals surface area contributed by atoms with Gasteiger partial charge in [-0.3, -0.25) is 9.36 Å². The standard InChI is InChI=1S/C25H30N4O3/c1-5-32-17(3)22-16(2)21-15-27-25(26-14-18-10-12-20(31-4)13-11-18)28-23(21)29(24(22)30)19-8-6-7-9-19/h10-13,15,19H,3,5-9,14H2,1-2,4H3,(H,26,27,28). The molecule has 4 rings (SSSR count). The molecule has 0 saturated heterocycles. The number of fused-ring (bicyclic) bond motifs is 1. The molecule has 0 unspecified atom stereocenters. The predicted octanol–water partition coefficient (Wildman–Crippen LogP) is 4.84. The van der Waals surface area contributed by atoms with Crippen molar-refractivity contribution < 1.29 is 9.47 Å². The number of aromatic nitrogens is 3.